The Bertz CT molecular complexity index is 931. The minimum absolute atomic E-state index is 0.267. The third-order valence-corrected chi connectivity index (χ3v) is 4.53. The highest BCUT2D eigenvalue weighted by Crippen LogP contribution is 2.14. The van der Waals surface area contributed by atoms with Crippen molar-refractivity contribution in [2.24, 2.45) is 0 Å². The number of anilines is 1. The van der Waals surface area contributed by atoms with E-state index in [0.29, 0.717) is 29.6 Å². The number of ether oxygens (including phenoxy) is 2. The normalized spacial score (nSPS) is 10.1. The third-order valence-electron chi connectivity index (χ3n) is 4.15. The molecule has 1 amide bonds. The molecule has 0 aliphatic heterocycles. The summed E-state index contributed by atoms with van der Waals surface area (Å²) in [6.07, 6.45) is 0. The van der Waals surface area contributed by atoms with E-state index in [2.05, 4.69) is 5.32 Å². The van der Waals surface area contributed by atoms with Crippen molar-refractivity contribution in [3.63, 3.8) is 0 Å². The van der Waals surface area contributed by atoms with E-state index < -0.39 is 0 Å². The molecule has 5 nitrogen and oxygen atoms in total. The number of benzene rings is 3. The van der Waals surface area contributed by atoms with Crippen molar-refractivity contribution in [2.45, 2.75) is 0 Å². The van der Waals surface area contributed by atoms with Gasteiger partial charge in [-0.25, -0.2) is 0 Å². The van der Waals surface area contributed by atoms with E-state index in [9.17, 15) is 4.79 Å². The number of rotatable bonds is 7. The fraction of sp³-hybridized carbons (Fsp3) is 0.130. The lowest BCUT2D eigenvalue weighted by Crippen LogP contribution is -2.40. The maximum Gasteiger partial charge on any atom is 0.257 e. The van der Waals surface area contributed by atoms with Crippen molar-refractivity contribution in [3.05, 3.63) is 90.5 Å². The van der Waals surface area contributed by atoms with Crippen LogP contribution < -0.4 is 19.7 Å². The van der Waals surface area contributed by atoms with Crippen molar-refractivity contribution < 1.29 is 14.3 Å². The monoisotopic (exact) mass is 406 g/mol. The third kappa shape index (κ3) is 6.05. The zero-order valence-electron chi connectivity index (χ0n) is 16.1. The van der Waals surface area contributed by atoms with Gasteiger partial charge in [0.25, 0.3) is 5.91 Å². The second-order valence-corrected chi connectivity index (χ2v) is 6.57. The Balaban J connectivity index is 1.46. The predicted molar refractivity (Wildman–Crippen MR) is 119 cm³/mol. The highest BCUT2D eigenvalue weighted by molar-refractivity contribution is 7.80. The lowest BCUT2D eigenvalue weighted by atomic mass is 10.2. The first-order valence-electron chi connectivity index (χ1n) is 9.18. The summed E-state index contributed by atoms with van der Waals surface area (Å²) in [5.74, 6) is 1.21. The Labute approximate surface area is 175 Å². The van der Waals surface area contributed by atoms with Crippen LogP contribution in [0.2, 0.25) is 0 Å². The number of nitrogens with one attached hydrogen (secondary N) is 1. The number of nitrogens with zero attached hydrogens (tertiary/aromatic N) is 1. The lowest BCUT2D eigenvalue weighted by Gasteiger charge is -2.20. The van der Waals surface area contributed by atoms with Crippen molar-refractivity contribution in [3.8, 4) is 11.5 Å². The van der Waals surface area contributed by atoms with Crippen molar-refractivity contribution in [1.29, 1.82) is 0 Å². The van der Waals surface area contributed by atoms with E-state index >= 15 is 0 Å². The Morgan fingerprint density at radius 3 is 1.93 bits per heavy atom. The first-order chi connectivity index (χ1) is 14.1. The SMILES string of the molecule is CN(C(=S)NC(=O)c1ccc(OCCOc2ccccc2)cc1)c1ccccc1. The van der Waals surface area contributed by atoms with Gasteiger partial charge in [-0.15, -0.1) is 0 Å². The molecule has 0 aliphatic carbocycles. The number of hydrogen-bond acceptors (Lipinski definition) is 4. The molecule has 6 heteroatoms. The maximum atomic E-state index is 12.4. The van der Waals surface area contributed by atoms with Crippen LogP contribution in [0.15, 0.2) is 84.9 Å². The quantitative estimate of drug-likeness (QED) is 0.468. The van der Waals surface area contributed by atoms with Crippen molar-refractivity contribution in [2.75, 3.05) is 25.2 Å². The second kappa shape index (κ2) is 10.2. The molecule has 3 aromatic carbocycles. The maximum absolute atomic E-state index is 12.4. The van der Waals surface area contributed by atoms with Crippen LogP contribution in [-0.4, -0.2) is 31.3 Å². The zero-order valence-corrected chi connectivity index (χ0v) is 16.9. The van der Waals surface area contributed by atoms with Crippen LogP contribution >= 0.6 is 12.2 Å². The Hall–Kier alpha value is -3.38. The first kappa shape index (κ1) is 20.4. The van der Waals surface area contributed by atoms with E-state index in [1.54, 1.807) is 29.2 Å². The van der Waals surface area contributed by atoms with Gasteiger partial charge in [0.15, 0.2) is 5.11 Å². The number of thiocarbonyl (C=S) groups is 1. The Morgan fingerprint density at radius 2 is 1.34 bits per heavy atom. The molecule has 0 bridgehead atoms. The minimum atomic E-state index is -0.267. The molecule has 0 heterocycles. The molecule has 0 saturated heterocycles. The van der Waals surface area contributed by atoms with Gasteiger partial charge in [-0.05, 0) is 60.7 Å². The van der Waals surface area contributed by atoms with Crippen LogP contribution in [0.5, 0.6) is 11.5 Å². The van der Waals surface area contributed by atoms with Gasteiger partial charge in [0.05, 0.1) is 0 Å². The standard InChI is InChI=1S/C23H22N2O3S/c1-25(19-8-4-2-5-9-19)23(29)24-22(26)18-12-14-21(15-13-18)28-17-16-27-20-10-6-3-7-11-20/h2-15H,16-17H2,1H3,(H,24,26,29). The van der Waals surface area contributed by atoms with E-state index in [4.69, 9.17) is 21.7 Å². The van der Waals surface area contributed by atoms with E-state index in [-0.39, 0.29) is 5.91 Å². The molecule has 0 atom stereocenters. The van der Waals surface area contributed by atoms with Gasteiger partial charge in [0.2, 0.25) is 0 Å². The summed E-state index contributed by atoms with van der Waals surface area (Å²) in [4.78, 5) is 14.2. The average Bonchev–Trinajstić information content (AvgIpc) is 2.78. The molecular weight excluding hydrogens is 384 g/mol. The molecule has 29 heavy (non-hydrogen) atoms. The number of carbonyl (C=O) groups excluding carboxylic acids is 1. The highest BCUT2D eigenvalue weighted by atomic mass is 32.1. The minimum Gasteiger partial charge on any atom is -0.490 e. The van der Waals surface area contributed by atoms with Gasteiger partial charge in [0, 0.05) is 18.3 Å². The molecule has 0 spiro atoms. The summed E-state index contributed by atoms with van der Waals surface area (Å²) in [6, 6.07) is 26.1. The summed E-state index contributed by atoms with van der Waals surface area (Å²) in [5.41, 5.74) is 1.40. The zero-order chi connectivity index (χ0) is 20.5. The molecule has 148 valence electrons. The first-order valence-corrected chi connectivity index (χ1v) is 9.59. The van der Waals surface area contributed by atoms with Gasteiger partial charge in [-0.2, -0.15) is 0 Å². The summed E-state index contributed by atoms with van der Waals surface area (Å²) >= 11 is 5.33. The predicted octanol–water partition coefficient (Wildman–Crippen LogP) is 4.30. The number of amides is 1. The largest absolute Gasteiger partial charge is 0.490 e. The molecule has 0 radical (unpaired) electrons. The molecular formula is C23H22N2O3S. The number of carbonyl (C=O) groups is 1. The molecule has 3 aromatic rings. The van der Waals surface area contributed by atoms with Crippen LogP contribution in [0.25, 0.3) is 0 Å². The topological polar surface area (TPSA) is 50.8 Å². The smallest absolute Gasteiger partial charge is 0.257 e. The summed E-state index contributed by atoms with van der Waals surface area (Å²) < 4.78 is 11.2. The van der Waals surface area contributed by atoms with Gasteiger partial charge < -0.3 is 14.4 Å². The number of para-hydroxylation sites is 2. The van der Waals surface area contributed by atoms with E-state index in [1.807, 2.05) is 67.7 Å². The molecule has 0 fully saturated rings. The molecule has 0 aromatic heterocycles. The van der Waals surface area contributed by atoms with E-state index in [0.717, 1.165) is 11.4 Å². The van der Waals surface area contributed by atoms with Crippen LogP contribution in [0, 0.1) is 0 Å². The van der Waals surface area contributed by atoms with Crippen molar-refractivity contribution in [1.82, 2.24) is 5.32 Å². The fourth-order valence-corrected chi connectivity index (χ4v) is 2.76. The van der Waals surface area contributed by atoms with Crippen LogP contribution in [0.1, 0.15) is 10.4 Å². The molecule has 3 rings (SSSR count). The van der Waals surface area contributed by atoms with Crippen molar-refractivity contribution >= 4 is 28.9 Å². The number of hydrogen-bond donors (Lipinski definition) is 1. The summed E-state index contributed by atoms with van der Waals surface area (Å²) in [7, 11) is 1.81. The van der Waals surface area contributed by atoms with Gasteiger partial charge >= 0.3 is 0 Å². The van der Waals surface area contributed by atoms with Gasteiger partial charge in [0.1, 0.15) is 24.7 Å². The molecule has 0 unspecified atom stereocenters. The van der Waals surface area contributed by atoms with Crippen LogP contribution in [0.3, 0.4) is 0 Å². The average molecular weight is 407 g/mol. The van der Waals surface area contributed by atoms with Gasteiger partial charge in [-0.3, -0.25) is 10.1 Å². The lowest BCUT2D eigenvalue weighted by molar-refractivity contribution is 0.0977. The highest BCUT2D eigenvalue weighted by Gasteiger charge is 2.12. The van der Waals surface area contributed by atoms with E-state index in [1.165, 1.54) is 0 Å². The fourth-order valence-electron chi connectivity index (χ4n) is 2.56. The Morgan fingerprint density at radius 1 is 0.828 bits per heavy atom. The van der Waals surface area contributed by atoms with Crippen LogP contribution in [-0.2, 0) is 0 Å². The second-order valence-electron chi connectivity index (χ2n) is 6.19. The Kier molecular flexibility index (Phi) is 7.19. The summed E-state index contributed by atoms with van der Waals surface area (Å²) in [6.45, 7) is 0.846. The molecule has 0 saturated carbocycles. The summed E-state index contributed by atoms with van der Waals surface area (Å²) in [5, 5.41) is 3.07. The van der Waals surface area contributed by atoms with Crippen LogP contribution in [0.4, 0.5) is 5.69 Å². The molecule has 0 aliphatic rings. The molecule has 1 N–H and O–H groups in total. The van der Waals surface area contributed by atoms with Gasteiger partial charge in [-0.1, -0.05) is 36.4 Å².